The highest BCUT2D eigenvalue weighted by Crippen LogP contribution is 2.12. The van der Waals surface area contributed by atoms with Crippen molar-refractivity contribution in [3.63, 3.8) is 0 Å². The first kappa shape index (κ1) is 11.0. The van der Waals surface area contributed by atoms with Crippen LogP contribution in [0.15, 0.2) is 12.2 Å². The largest absolute Gasteiger partial charge is 0.353 e. The molecule has 2 N–H and O–H groups in total. The van der Waals surface area contributed by atoms with Gasteiger partial charge < -0.3 is 10.6 Å². The SMILES string of the molecule is O=C(CC1CSCCN1)NC1CC=CC1. The predicted molar refractivity (Wildman–Crippen MR) is 64.0 cm³/mol. The van der Waals surface area contributed by atoms with Crippen molar-refractivity contribution in [1.29, 1.82) is 0 Å². The summed E-state index contributed by atoms with van der Waals surface area (Å²) in [4.78, 5) is 11.7. The number of carbonyl (C=O) groups is 1. The molecule has 0 aromatic rings. The average Bonchev–Trinajstić information content (AvgIpc) is 2.71. The minimum atomic E-state index is 0.198. The summed E-state index contributed by atoms with van der Waals surface area (Å²) in [6, 6.07) is 0.729. The van der Waals surface area contributed by atoms with E-state index in [1.807, 2.05) is 11.8 Å². The molecule has 0 saturated carbocycles. The van der Waals surface area contributed by atoms with Gasteiger partial charge in [0.15, 0.2) is 0 Å². The molecule has 1 atom stereocenters. The van der Waals surface area contributed by atoms with Crippen LogP contribution < -0.4 is 10.6 Å². The highest BCUT2D eigenvalue weighted by molar-refractivity contribution is 7.99. The summed E-state index contributed by atoms with van der Waals surface area (Å²) in [6.07, 6.45) is 6.90. The molecule has 0 radical (unpaired) electrons. The molecule has 2 rings (SSSR count). The number of hydrogen-bond acceptors (Lipinski definition) is 3. The molecule has 0 bridgehead atoms. The molecular formula is C11H18N2OS. The molecule has 1 aliphatic carbocycles. The van der Waals surface area contributed by atoms with Gasteiger partial charge in [0.25, 0.3) is 0 Å². The molecule has 1 saturated heterocycles. The summed E-state index contributed by atoms with van der Waals surface area (Å²) in [5, 5.41) is 6.45. The van der Waals surface area contributed by atoms with Crippen molar-refractivity contribution in [1.82, 2.24) is 10.6 Å². The monoisotopic (exact) mass is 226 g/mol. The van der Waals surface area contributed by atoms with E-state index in [2.05, 4.69) is 22.8 Å². The quantitative estimate of drug-likeness (QED) is 0.703. The fourth-order valence-corrected chi connectivity index (χ4v) is 2.95. The first-order chi connectivity index (χ1) is 7.34. The zero-order chi connectivity index (χ0) is 10.5. The molecule has 1 heterocycles. The van der Waals surface area contributed by atoms with Gasteiger partial charge in [-0.15, -0.1) is 0 Å². The van der Waals surface area contributed by atoms with E-state index in [0.29, 0.717) is 18.5 Å². The summed E-state index contributed by atoms with van der Waals surface area (Å²) in [7, 11) is 0. The Kier molecular flexibility index (Phi) is 4.09. The highest BCUT2D eigenvalue weighted by Gasteiger charge is 2.19. The average molecular weight is 226 g/mol. The number of hydrogen-bond donors (Lipinski definition) is 2. The highest BCUT2D eigenvalue weighted by atomic mass is 32.2. The summed E-state index contributed by atoms with van der Waals surface area (Å²) in [5.74, 6) is 2.43. The lowest BCUT2D eigenvalue weighted by Gasteiger charge is -2.23. The predicted octanol–water partition coefficient (Wildman–Crippen LogP) is 0.916. The molecule has 1 fully saturated rings. The van der Waals surface area contributed by atoms with Gasteiger partial charge in [0.2, 0.25) is 5.91 Å². The first-order valence-corrected chi connectivity index (χ1v) is 6.75. The minimum absolute atomic E-state index is 0.198. The van der Waals surface area contributed by atoms with E-state index >= 15 is 0 Å². The number of amides is 1. The lowest BCUT2D eigenvalue weighted by Crippen LogP contribution is -2.43. The fraction of sp³-hybridized carbons (Fsp3) is 0.727. The third kappa shape index (κ3) is 3.54. The van der Waals surface area contributed by atoms with Crippen LogP contribution in [0, 0.1) is 0 Å². The van der Waals surface area contributed by atoms with E-state index < -0.39 is 0 Å². The van der Waals surface area contributed by atoms with E-state index in [-0.39, 0.29) is 5.91 Å². The van der Waals surface area contributed by atoms with Gasteiger partial charge in [0.1, 0.15) is 0 Å². The van der Waals surface area contributed by atoms with Crippen molar-refractivity contribution in [2.45, 2.75) is 31.3 Å². The molecule has 0 aromatic heterocycles. The molecule has 4 heteroatoms. The van der Waals surface area contributed by atoms with E-state index in [1.54, 1.807) is 0 Å². The molecule has 2 aliphatic rings. The third-order valence-electron chi connectivity index (χ3n) is 2.80. The van der Waals surface area contributed by atoms with Gasteiger partial charge in [-0.05, 0) is 12.8 Å². The second-order valence-electron chi connectivity index (χ2n) is 4.14. The molecule has 0 aromatic carbocycles. The zero-order valence-electron chi connectivity index (χ0n) is 8.87. The molecule has 1 aliphatic heterocycles. The van der Waals surface area contributed by atoms with Gasteiger partial charge in [-0.2, -0.15) is 11.8 Å². The number of carbonyl (C=O) groups excluding carboxylic acids is 1. The molecule has 0 spiro atoms. The van der Waals surface area contributed by atoms with E-state index in [9.17, 15) is 4.79 Å². The van der Waals surface area contributed by atoms with Crippen LogP contribution in [-0.2, 0) is 4.79 Å². The minimum Gasteiger partial charge on any atom is -0.353 e. The smallest absolute Gasteiger partial charge is 0.221 e. The Morgan fingerprint density at radius 1 is 1.47 bits per heavy atom. The second kappa shape index (κ2) is 5.56. The summed E-state index contributed by atoms with van der Waals surface area (Å²) < 4.78 is 0. The third-order valence-corrected chi connectivity index (χ3v) is 3.93. The first-order valence-electron chi connectivity index (χ1n) is 5.60. The van der Waals surface area contributed by atoms with Crippen molar-refractivity contribution in [3.8, 4) is 0 Å². The number of thioether (sulfide) groups is 1. The van der Waals surface area contributed by atoms with Crippen LogP contribution in [0.3, 0.4) is 0 Å². The Morgan fingerprint density at radius 3 is 2.93 bits per heavy atom. The van der Waals surface area contributed by atoms with E-state index in [1.165, 1.54) is 5.75 Å². The van der Waals surface area contributed by atoms with Crippen LogP contribution in [0.1, 0.15) is 19.3 Å². The van der Waals surface area contributed by atoms with Crippen LogP contribution in [0.2, 0.25) is 0 Å². The van der Waals surface area contributed by atoms with Crippen molar-refractivity contribution >= 4 is 17.7 Å². The Hall–Kier alpha value is -0.480. The topological polar surface area (TPSA) is 41.1 Å². The fourth-order valence-electron chi connectivity index (χ4n) is 2.00. The Morgan fingerprint density at radius 2 is 2.27 bits per heavy atom. The van der Waals surface area contributed by atoms with E-state index in [0.717, 1.165) is 25.1 Å². The number of nitrogens with one attached hydrogen (secondary N) is 2. The van der Waals surface area contributed by atoms with Crippen molar-refractivity contribution in [2.24, 2.45) is 0 Å². The maximum absolute atomic E-state index is 11.7. The van der Waals surface area contributed by atoms with Crippen LogP contribution in [0.5, 0.6) is 0 Å². The summed E-state index contributed by atoms with van der Waals surface area (Å²) >= 11 is 1.93. The van der Waals surface area contributed by atoms with E-state index in [4.69, 9.17) is 0 Å². The maximum atomic E-state index is 11.7. The van der Waals surface area contributed by atoms with Gasteiger partial charge in [0, 0.05) is 36.6 Å². The standard InChI is InChI=1S/C11H18N2OS/c14-11(13-9-3-1-2-4-9)7-10-8-15-6-5-12-10/h1-2,9-10,12H,3-8H2,(H,13,14). The van der Waals surface area contributed by atoms with Crippen LogP contribution in [0.25, 0.3) is 0 Å². The van der Waals surface area contributed by atoms with Crippen LogP contribution in [-0.4, -0.2) is 36.0 Å². The Balaban J connectivity index is 1.67. The molecule has 84 valence electrons. The molecular weight excluding hydrogens is 208 g/mol. The molecule has 1 unspecified atom stereocenters. The molecule has 15 heavy (non-hydrogen) atoms. The van der Waals surface area contributed by atoms with Crippen molar-refractivity contribution in [2.75, 3.05) is 18.1 Å². The summed E-state index contributed by atoms with van der Waals surface area (Å²) in [5.41, 5.74) is 0. The van der Waals surface area contributed by atoms with Gasteiger partial charge >= 0.3 is 0 Å². The van der Waals surface area contributed by atoms with Gasteiger partial charge in [0.05, 0.1) is 0 Å². The molecule has 1 amide bonds. The zero-order valence-corrected chi connectivity index (χ0v) is 9.69. The van der Waals surface area contributed by atoms with Gasteiger partial charge in [-0.25, -0.2) is 0 Å². The maximum Gasteiger partial charge on any atom is 0.221 e. The van der Waals surface area contributed by atoms with Gasteiger partial charge in [-0.3, -0.25) is 4.79 Å². The lowest BCUT2D eigenvalue weighted by molar-refractivity contribution is -0.122. The van der Waals surface area contributed by atoms with Crippen molar-refractivity contribution < 1.29 is 4.79 Å². The van der Waals surface area contributed by atoms with Crippen molar-refractivity contribution in [3.05, 3.63) is 12.2 Å². The number of rotatable bonds is 3. The van der Waals surface area contributed by atoms with Gasteiger partial charge in [-0.1, -0.05) is 12.2 Å². The second-order valence-corrected chi connectivity index (χ2v) is 5.29. The normalized spacial score (nSPS) is 26.8. The van der Waals surface area contributed by atoms with Crippen LogP contribution >= 0.6 is 11.8 Å². The Labute approximate surface area is 95.1 Å². The molecule has 3 nitrogen and oxygen atoms in total. The van der Waals surface area contributed by atoms with Crippen LogP contribution in [0.4, 0.5) is 0 Å². The lowest BCUT2D eigenvalue weighted by atomic mass is 10.2. The Bertz CT molecular complexity index is 241. The summed E-state index contributed by atoms with van der Waals surface area (Å²) in [6.45, 7) is 1.04.